The molecule has 6 nitrogen and oxygen atoms in total. The first-order chi connectivity index (χ1) is 11.2. The first-order valence-electron chi connectivity index (χ1n) is 7.51. The molecular weight excluding hydrogens is 318 g/mol. The van der Waals surface area contributed by atoms with Gasteiger partial charge in [0.25, 0.3) is 5.91 Å². The molecule has 0 unspecified atom stereocenters. The SMILES string of the molecule is O=C(COc1ccc(Cl)cc1)Nc1cnn(C2CCOCC2)c1. The number of nitrogens with one attached hydrogen (secondary N) is 1. The highest BCUT2D eigenvalue weighted by Gasteiger charge is 2.16. The first kappa shape index (κ1) is 15.8. The molecule has 23 heavy (non-hydrogen) atoms. The number of ether oxygens (including phenoxy) is 2. The zero-order valence-electron chi connectivity index (χ0n) is 12.6. The van der Waals surface area contributed by atoms with E-state index in [0.29, 0.717) is 22.5 Å². The molecule has 1 aromatic heterocycles. The molecule has 0 aliphatic carbocycles. The molecule has 1 aliphatic rings. The zero-order chi connectivity index (χ0) is 16.1. The van der Waals surface area contributed by atoms with E-state index in [4.69, 9.17) is 21.1 Å². The van der Waals surface area contributed by atoms with Crippen molar-refractivity contribution in [1.82, 2.24) is 9.78 Å². The van der Waals surface area contributed by atoms with Crippen LogP contribution in [0.1, 0.15) is 18.9 Å². The molecule has 1 aromatic carbocycles. The quantitative estimate of drug-likeness (QED) is 0.912. The van der Waals surface area contributed by atoms with Crippen LogP contribution in [0.25, 0.3) is 0 Å². The van der Waals surface area contributed by atoms with Crippen LogP contribution in [0, 0.1) is 0 Å². The van der Waals surface area contributed by atoms with E-state index in [2.05, 4.69) is 10.4 Å². The summed E-state index contributed by atoms with van der Waals surface area (Å²) in [6, 6.07) is 7.21. The molecule has 7 heteroatoms. The lowest BCUT2D eigenvalue weighted by molar-refractivity contribution is -0.118. The van der Waals surface area contributed by atoms with Gasteiger partial charge in [-0.1, -0.05) is 11.6 Å². The highest BCUT2D eigenvalue weighted by Crippen LogP contribution is 2.21. The average Bonchev–Trinajstić information content (AvgIpc) is 3.04. The Labute approximate surface area is 139 Å². The summed E-state index contributed by atoms with van der Waals surface area (Å²) < 4.78 is 12.6. The Morgan fingerprint density at radius 3 is 2.83 bits per heavy atom. The largest absolute Gasteiger partial charge is 0.484 e. The van der Waals surface area contributed by atoms with Crippen molar-refractivity contribution in [3.8, 4) is 5.75 Å². The summed E-state index contributed by atoms with van der Waals surface area (Å²) in [5.74, 6) is 0.369. The molecule has 0 radical (unpaired) electrons. The average molecular weight is 336 g/mol. The summed E-state index contributed by atoms with van der Waals surface area (Å²) in [7, 11) is 0. The molecule has 2 aromatic rings. The van der Waals surface area contributed by atoms with Gasteiger partial charge in [0.15, 0.2) is 6.61 Å². The molecule has 1 amide bonds. The molecule has 0 atom stereocenters. The number of benzene rings is 1. The fourth-order valence-corrected chi connectivity index (χ4v) is 2.55. The number of hydrogen-bond donors (Lipinski definition) is 1. The predicted molar refractivity (Wildman–Crippen MR) is 86.9 cm³/mol. The number of hydrogen-bond acceptors (Lipinski definition) is 4. The van der Waals surface area contributed by atoms with E-state index in [1.54, 1.807) is 30.5 Å². The summed E-state index contributed by atoms with van der Waals surface area (Å²) in [5.41, 5.74) is 0.668. The number of aromatic nitrogens is 2. The number of carbonyl (C=O) groups excluding carboxylic acids is 1. The predicted octanol–water partition coefficient (Wildman–Crippen LogP) is 2.91. The molecule has 122 valence electrons. The van der Waals surface area contributed by atoms with Crippen LogP contribution < -0.4 is 10.1 Å². The molecule has 0 spiro atoms. The van der Waals surface area contributed by atoms with Gasteiger partial charge in [-0.2, -0.15) is 5.10 Å². The normalized spacial score (nSPS) is 15.3. The maximum absolute atomic E-state index is 11.9. The fourth-order valence-electron chi connectivity index (χ4n) is 2.43. The molecule has 3 rings (SSSR count). The standard InChI is InChI=1S/C16H18ClN3O3/c17-12-1-3-15(4-2-12)23-11-16(21)19-13-9-18-20(10-13)14-5-7-22-8-6-14/h1-4,9-10,14H,5-8,11H2,(H,19,21). The van der Waals surface area contributed by atoms with Crippen molar-refractivity contribution in [2.45, 2.75) is 18.9 Å². The Morgan fingerprint density at radius 1 is 1.35 bits per heavy atom. The summed E-state index contributed by atoms with van der Waals surface area (Å²) in [6.45, 7) is 1.44. The van der Waals surface area contributed by atoms with Gasteiger partial charge in [-0.15, -0.1) is 0 Å². The van der Waals surface area contributed by atoms with Crippen LogP contribution in [0.2, 0.25) is 5.02 Å². The first-order valence-corrected chi connectivity index (χ1v) is 7.88. The van der Waals surface area contributed by atoms with Crippen LogP contribution in [-0.4, -0.2) is 35.5 Å². The van der Waals surface area contributed by atoms with Gasteiger partial charge in [-0.3, -0.25) is 9.48 Å². The minimum atomic E-state index is -0.230. The van der Waals surface area contributed by atoms with E-state index in [0.717, 1.165) is 26.1 Å². The highest BCUT2D eigenvalue weighted by molar-refractivity contribution is 6.30. The second-order valence-electron chi connectivity index (χ2n) is 5.34. The monoisotopic (exact) mass is 335 g/mol. The van der Waals surface area contributed by atoms with Gasteiger partial charge in [0.05, 0.1) is 17.9 Å². The second-order valence-corrected chi connectivity index (χ2v) is 5.78. The summed E-state index contributed by atoms with van der Waals surface area (Å²) in [4.78, 5) is 11.9. The van der Waals surface area contributed by atoms with Gasteiger partial charge >= 0.3 is 0 Å². The Hall–Kier alpha value is -2.05. The van der Waals surface area contributed by atoms with E-state index in [-0.39, 0.29) is 12.5 Å². The van der Waals surface area contributed by atoms with Gasteiger partial charge in [0.2, 0.25) is 0 Å². The molecule has 1 aliphatic heterocycles. The summed E-state index contributed by atoms with van der Waals surface area (Å²) in [5, 5.41) is 7.72. The molecule has 1 saturated heterocycles. The van der Waals surface area contributed by atoms with Crippen LogP contribution in [0.4, 0.5) is 5.69 Å². The molecule has 1 fully saturated rings. The topological polar surface area (TPSA) is 65.4 Å². The van der Waals surface area contributed by atoms with Crippen LogP contribution in [0.15, 0.2) is 36.7 Å². The van der Waals surface area contributed by atoms with Crippen molar-refractivity contribution in [3.05, 3.63) is 41.7 Å². The molecule has 2 heterocycles. The Bertz CT molecular complexity index is 651. The van der Waals surface area contributed by atoms with E-state index in [1.165, 1.54) is 0 Å². The van der Waals surface area contributed by atoms with Crippen LogP contribution in [0.3, 0.4) is 0 Å². The van der Waals surface area contributed by atoms with Crippen molar-refractivity contribution in [2.24, 2.45) is 0 Å². The lowest BCUT2D eigenvalue weighted by Gasteiger charge is -2.22. The van der Waals surface area contributed by atoms with E-state index < -0.39 is 0 Å². The van der Waals surface area contributed by atoms with Crippen LogP contribution in [-0.2, 0) is 9.53 Å². The third-order valence-electron chi connectivity index (χ3n) is 3.63. The van der Waals surface area contributed by atoms with Crippen LogP contribution in [0.5, 0.6) is 5.75 Å². The molecule has 1 N–H and O–H groups in total. The molecule has 0 saturated carbocycles. The van der Waals surface area contributed by atoms with Crippen LogP contribution >= 0.6 is 11.6 Å². The second kappa shape index (κ2) is 7.48. The van der Waals surface area contributed by atoms with Gasteiger partial charge in [0, 0.05) is 24.4 Å². The maximum atomic E-state index is 11.9. The Balaban J connectivity index is 1.49. The van der Waals surface area contributed by atoms with Gasteiger partial charge in [0.1, 0.15) is 5.75 Å². The van der Waals surface area contributed by atoms with E-state index in [9.17, 15) is 4.79 Å². The minimum absolute atomic E-state index is 0.0654. The maximum Gasteiger partial charge on any atom is 0.262 e. The lowest BCUT2D eigenvalue weighted by atomic mass is 10.1. The van der Waals surface area contributed by atoms with Crippen molar-refractivity contribution in [1.29, 1.82) is 0 Å². The van der Waals surface area contributed by atoms with Crippen molar-refractivity contribution >= 4 is 23.2 Å². The third kappa shape index (κ3) is 4.46. The number of rotatable bonds is 5. The van der Waals surface area contributed by atoms with Gasteiger partial charge in [-0.05, 0) is 37.1 Å². The van der Waals surface area contributed by atoms with Crippen molar-refractivity contribution < 1.29 is 14.3 Å². The summed E-state index contributed by atoms with van der Waals surface area (Å²) in [6.07, 6.45) is 5.37. The third-order valence-corrected chi connectivity index (χ3v) is 3.89. The lowest BCUT2D eigenvalue weighted by Crippen LogP contribution is -2.21. The zero-order valence-corrected chi connectivity index (χ0v) is 13.3. The number of nitrogens with zero attached hydrogens (tertiary/aromatic N) is 2. The van der Waals surface area contributed by atoms with Gasteiger partial charge in [-0.25, -0.2) is 0 Å². The smallest absolute Gasteiger partial charge is 0.262 e. The minimum Gasteiger partial charge on any atom is -0.484 e. The van der Waals surface area contributed by atoms with Crippen molar-refractivity contribution in [2.75, 3.05) is 25.1 Å². The van der Waals surface area contributed by atoms with Crippen molar-refractivity contribution in [3.63, 3.8) is 0 Å². The van der Waals surface area contributed by atoms with Gasteiger partial charge < -0.3 is 14.8 Å². The Kier molecular flexibility index (Phi) is 5.15. The number of amides is 1. The highest BCUT2D eigenvalue weighted by atomic mass is 35.5. The number of anilines is 1. The fraction of sp³-hybridized carbons (Fsp3) is 0.375. The number of carbonyl (C=O) groups is 1. The summed E-state index contributed by atoms with van der Waals surface area (Å²) >= 11 is 5.80. The van der Waals surface area contributed by atoms with E-state index >= 15 is 0 Å². The van der Waals surface area contributed by atoms with E-state index in [1.807, 2.05) is 10.9 Å². The number of halogens is 1. The Morgan fingerprint density at radius 2 is 2.09 bits per heavy atom. The molecule has 0 bridgehead atoms. The molecular formula is C16H18ClN3O3.